The molecule has 0 amide bonds. The quantitative estimate of drug-likeness (QED) is 0.177. The molecule has 1 aromatic heterocycles. The van der Waals surface area contributed by atoms with Crippen LogP contribution in [0.2, 0.25) is 0 Å². The molecule has 246 valence electrons. The number of fused-ring (bicyclic) bond motifs is 2. The summed E-state index contributed by atoms with van der Waals surface area (Å²) < 4.78 is 0. The van der Waals surface area contributed by atoms with E-state index in [0.717, 1.165) is 40.9 Å². The zero-order chi connectivity index (χ0) is 34.7. The average molecular weight is 665 g/mol. The normalized spacial score (nSPS) is 15.0. The highest BCUT2D eigenvalue weighted by Gasteiger charge is 2.13. The Bertz CT molecular complexity index is 2490. The SMILES string of the molecule is C1=C/CC\C=C(c2ccc(-c3cc(-c4ccc(-c5cccc6ccccc56)cc4)nc(-c4ccc(-c5cccc6ccccc56)cc4)n3)cc2)/C=C\1. The molecule has 0 N–H and O–H groups in total. The number of benzene rings is 7. The average Bonchev–Trinajstić information content (AvgIpc) is 3.20. The molecular formula is C50H36N2. The van der Waals surface area contributed by atoms with Crippen molar-refractivity contribution in [2.75, 3.05) is 0 Å². The zero-order valence-electron chi connectivity index (χ0n) is 28.8. The number of nitrogens with zero attached hydrogens (tertiary/aromatic N) is 2. The van der Waals surface area contributed by atoms with E-state index >= 15 is 0 Å². The van der Waals surface area contributed by atoms with Crippen LogP contribution in [0.5, 0.6) is 0 Å². The molecule has 0 saturated heterocycles. The van der Waals surface area contributed by atoms with Crippen molar-refractivity contribution < 1.29 is 0 Å². The first-order chi connectivity index (χ1) is 25.8. The molecule has 0 spiro atoms. The summed E-state index contributed by atoms with van der Waals surface area (Å²) in [6.45, 7) is 0. The Morgan fingerprint density at radius 3 is 1.44 bits per heavy atom. The first kappa shape index (κ1) is 31.3. The van der Waals surface area contributed by atoms with Gasteiger partial charge in [0.25, 0.3) is 0 Å². The van der Waals surface area contributed by atoms with Gasteiger partial charge in [0.2, 0.25) is 0 Å². The number of rotatable bonds is 6. The molecule has 8 aromatic rings. The van der Waals surface area contributed by atoms with Gasteiger partial charge in [-0.05, 0) is 73.8 Å². The Hall–Kier alpha value is -6.64. The predicted octanol–water partition coefficient (Wildman–Crippen LogP) is 13.4. The molecule has 1 aliphatic rings. The van der Waals surface area contributed by atoms with Crippen LogP contribution in [0.25, 0.3) is 83.3 Å². The third-order valence-corrected chi connectivity index (χ3v) is 9.99. The summed E-state index contributed by atoms with van der Waals surface area (Å²) in [5, 5.41) is 4.98. The predicted molar refractivity (Wildman–Crippen MR) is 220 cm³/mol. The fraction of sp³-hybridized carbons (Fsp3) is 0.0400. The molecule has 2 nitrogen and oxygen atoms in total. The molecule has 0 fully saturated rings. The lowest BCUT2D eigenvalue weighted by molar-refractivity contribution is 1.05. The lowest BCUT2D eigenvalue weighted by atomic mass is 9.96. The number of hydrogen-bond donors (Lipinski definition) is 0. The van der Waals surface area contributed by atoms with Crippen molar-refractivity contribution in [1.29, 1.82) is 0 Å². The Morgan fingerprint density at radius 1 is 0.385 bits per heavy atom. The minimum absolute atomic E-state index is 0.705. The second-order valence-corrected chi connectivity index (χ2v) is 13.3. The van der Waals surface area contributed by atoms with Crippen LogP contribution in [0, 0.1) is 0 Å². The molecule has 0 bridgehead atoms. The molecule has 1 heterocycles. The van der Waals surface area contributed by atoms with Crippen molar-refractivity contribution in [2.45, 2.75) is 12.8 Å². The second-order valence-electron chi connectivity index (χ2n) is 13.3. The lowest BCUT2D eigenvalue weighted by Gasteiger charge is -2.12. The van der Waals surface area contributed by atoms with E-state index < -0.39 is 0 Å². The van der Waals surface area contributed by atoms with E-state index in [1.54, 1.807) is 0 Å². The van der Waals surface area contributed by atoms with E-state index in [4.69, 9.17) is 9.97 Å². The fourth-order valence-corrected chi connectivity index (χ4v) is 7.23. The van der Waals surface area contributed by atoms with Gasteiger partial charge in [0, 0.05) is 16.7 Å². The van der Waals surface area contributed by atoms with Gasteiger partial charge in [-0.1, -0.05) is 188 Å². The maximum absolute atomic E-state index is 5.18. The summed E-state index contributed by atoms with van der Waals surface area (Å²) in [6.07, 6.45) is 13.1. The monoisotopic (exact) mass is 664 g/mol. The van der Waals surface area contributed by atoms with Gasteiger partial charge in [-0.25, -0.2) is 9.97 Å². The molecule has 0 unspecified atom stereocenters. The molecule has 9 rings (SSSR count). The van der Waals surface area contributed by atoms with Crippen LogP contribution in [0.1, 0.15) is 18.4 Å². The van der Waals surface area contributed by atoms with Crippen molar-refractivity contribution in [2.24, 2.45) is 0 Å². The summed E-state index contributed by atoms with van der Waals surface area (Å²) in [5.41, 5.74) is 12.1. The van der Waals surface area contributed by atoms with Crippen LogP contribution in [0.15, 0.2) is 194 Å². The largest absolute Gasteiger partial charge is 0.228 e. The minimum Gasteiger partial charge on any atom is -0.228 e. The van der Waals surface area contributed by atoms with Crippen molar-refractivity contribution in [3.63, 3.8) is 0 Å². The van der Waals surface area contributed by atoms with E-state index in [2.05, 4.69) is 194 Å². The maximum atomic E-state index is 5.18. The Labute approximate surface area is 304 Å². The third-order valence-electron chi connectivity index (χ3n) is 9.99. The standard InChI is InChI=1S/C50H36N2/c1-2-4-12-35(13-5-3-1)36-22-28-41(29-23-36)48-34-49(42-30-24-39(25-31-42)46-20-10-16-37-14-6-8-18-44(37)46)52-50(51-48)43-32-26-40(27-33-43)47-21-11-17-38-15-7-9-19-45(38)47/h1-2,4,6-34H,3,5H2/b2-1-,12-4-,35-13+. The first-order valence-corrected chi connectivity index (χ1v) is 18.0. The number of hydrogen-bond acceptors (Lipinski definition) is 2. The van der Waals surface area contributed by atoms with Gasteiger partial charge in [0.1, 0.15) is 0 Å². The van der Waals surface area contributed by atoms with E-state index in [1.807, 2.05) is 0 Å². The van der Waals surface area contributed by atoms with Gasteiger partial charge in [-0.3, -0.25) is 0 Å². The Kier molecular flexibility index (Phi) is 8.40. The zero-order valence-corrected chi connectivity index (χ0v) is 28.8. The molecule has 0 saturated carbocycles. The molecule has 0 radical (unpaired) electrons. The second kappa shape index (κ2) is 13.9. The van der Waals surface area contributed by atoms with Gasteiger partial charge in [0.05, 0.1) is 11.4 Å². The topological polar surface area (TPSA) is 25.8 Å². The summed E-state index contributed by atoms with van der Waals surface area (Å²) >= 11 is 0. The highest BCUT2D eigenvalue weighted by molar-refractivity contribution is 5.98. The molecule has 0 atom stereocenters. The summed E-state index contributed by atoms with van der Waals surface area (Å²) in [5.74, 6) is 0.705. The molecule has 2 heteroatoms. The van der Waals surface area contributed by atoms with Gasteiger partial charge in [0.15, 0.2) is 5.82 Å². The lowest BCUT2D eigenvalue weighted by Crippen LogP contribution is -1.96. The van der Waals surface area contributed by atoms with Crippen LogP contribution in [-0.4, -0.2) is 9.97 Å². The highest BCUT2D eigenvalue weighted by Crippen LogP contribution is 2.34. The molecule has 7 aromatic carbocycles. The van der Waals surface area contributed by atoms with Gasteiger partial charge < -0.3 is 0 Å². The maximum Gasteiger partial charge on any atom is 0.160 e. The smallest absolute Gasteiger partial charge is 0.160 e. The van der Waals surface area contributed by atoms with E-state index in [9.17, 15) is 0 Å². The molecule has 0 aliphatic heterocycles. The molecule has 52 heavy (non-hydrogen) atoms. The molecular weight excluding hydrogens is 629 g/mol. The van der Waals surface area contributed by atoms with Gasteiger partial charge in [-0.15, -0.1) is 0 Å². The summed E-state index contributed by atoms with van der Waals surface area (Å²) in [6, 6.07) is 58.4. The Morgan fingerprint density at radius 2 is 0.865 bits per heavy atom. The number of allylic oxidation sites excluding steroid dienone is 6. The van der Waals surface area contributed by atoms with E-state index in [-0.39, 0.29) is 0 Å². The van der Waals surface area contributed by atoms with Gasteiger partial charge >= 0.3 is 0 Å². The van der Waals surface area contributed by atoms with Crippen LogP contribution in [0.4, 0.5) is 0 Å². The third kappa shape index (κ3) is 6.27. The Balaban J connectivity index is 1.11. The summed E-state index contributed by atoms with van der Waals surface area (Å²) in [4.78, 5) is 10.4. The van der Waals surface area contributed by atoms with Crippen LogP contribution in [-0.2, 0) is 0 Å². The van der Waals surface area contributed by atoms with Gasteiger partial charge in [-0.2, -0.15) is 0 Å². The van der Waals surface area contributed by atoms with Crippen LogP contribution < -0.4 is 0 Å². The van der Waals surface area contributed by atoms with Crippen molar-refractivity contribution in [3.05, 3.63) is 200 Å². The highest BCUT2D eigenvalue weighted by atomic mass is 14.9. The van der Waals surface area contributed by atoms with Crippen molar-refractivity contribution >= 4 is 27.1 Å². The van der Waals surface area contributed by atoms with Crippen molar-refractivity contribution in [1.82, 2.24) is 9.97 Å². The molecule has 1 aliphatic carbocycles. The summed E-state index contributed by atoms with van der Waals surface area (Å²) in [7, 11) is 0. The first-order valence-electron chi connectivity index (χ1n) is 18.0. The number of aromatic nitrogens is 2. The van der Waals surface area contributed by atoms with Crippen molar-refractivity contribution in [3.8, 4) is 56.2 Å². The van der Waals surface area contributed by atoms with E-state index in [0.29, 0.717) is 5.82 Å². The van der Waals surface area contributed by atoms with Crippen LogP contribution in [0.3, 0.4) is 0 Å². The van der Waals surface area contributed by atoms with Crippen LogP contribution >= 0.6 is 0 Å². The fourth-order valence-electron chi connectivity index (χ4n) is 7.23. The van der Waals surface area contributed by atoms with E-state index in [1.165, 1.54) is 54.9 Å². The minimum atomic E-state index is 0.705.